The number of amides is 1. The Morgan fingerprint density at radius 2 is 2.09 bits per heavy atom. The zero-order chi connectivity index (χ0) is 16.2. The van der Waals surface area contributed by atoms with Gasteiger partial charge in [0.2, 0.25) is 5.91 Å². The minimum atomic E-state index is -0.0143. The van der Waals surface area contributed by atoms with Crippen molar-refractivity contribution in [3.05, 3.63) is 54.1 Å². The van der Waals surface area contributed by atoms with Crippen molar-refractivity contribution in [3.8, 4) is 0 Å². The molecule has 1 atom stereocenters. The quantitative estimate of drug-likeness (QED) is 0.871. The molecule has 3 rings (SSSR count). The molecule has 1 aliphatic heterocycles. The summed E-state index contributed by atoms with van der Waals surface area (Å²) in [6, 6.07) is 8.01. The number of carbonyl (C=O) groups excluding carboxylic acids is 1. The summed E-state index contributed by atoms with van der Waals surface area (Å²) in [5.41, 5.74) is 2.26. The maximum Gasteiger partial charge on any atom is 0.225 e. The van der Waals surface area contributed by atoms with E-state index >= 15 is 0 Å². The van der Waals surface area contributed by atoms with E-state index in [4.69, 9.17) is 4.74 Å². The third kappa shape index (κ3) is 3.79. The van der Waals surface area contributed by atoms with E-state index in [0.717, 1.165) is 17.8 Å². The number of carbonyl (C=O) groups is 1. The fraction of sp³-hybridized carbons (Fsp3) is 0.444. The molecule has 2 aromatic rings. The minimum Gasteiger partial charge on any atom is -0.370 e. The van der Waals surface area contributed by atoms with Gasteiger partial charge in [-0.3, -0.25) is 9.78 Å². The monoisotopic (exact) mass is 313 g/mol. The number of fused-ring (bicyclic) bond motifs is 1. The Bertz CT molecular complexity index is 651. The van der Waals surface area contributed by atoms with Gasteiger partial charge < -0.3 is 14.2 Å². The topological polar surface area (TPSA) is 47.4 Å². The van der Waals surface area contributed by atoms with Crippen LogP contribution in [0.25, 0.3) is 0 Å². The van der Waals surface area contributed by atoms with Crippen LogP contribution in [0.1, 0.15) is 25.1 Å². The number of pyridine rings is 1. The van der Waals surface area contributed by atoms with Crippen LogP contribution in [-0.2, 0) is 29.2 Å². The molecule has 0 aromatic carbocycles. The molecular weight excluding hydrogens is 290 g/mol. The van der Waals surface area contributed by atoms with Crippen LogP contribution in [0.4, 0.5) is 0 Å². The van der Waals surface area contributed by atoms with Gasteiger partial charge in [-0.1, -0.05) is 13.8 Å². The van der Waals surface area contributed by atoms with E-state index in [0.29, 0.717) is 19.7 Å². The predicted molar refractivity (Wildman–Crippen MR) is 87.5 cm³/mol. The smallest absolute Gasteiger partial charge is 0.225 e. The second kappa shape index (κ2) is 6.96. The first-order valence-corrected chi connectivity index (χ1v) is 8.07. The second-order valence-electron chi connectivity index (χ2n) is 6.31. The average Bonchev–Trinajstić information content (AvgIpc) is 2.91. The third-order valence-corrected chi connectivity index (χ3v) is 4.14. The molecule has 5 heteroatoms. The Kier molecular flexibility index (Phi) is 4.76. The maximum absolute atomic E-state index is 12.5. The highest BCUT2D eigenvalue weighted by Crippen LogP contribution is 2.18. The highest BCUT2D eigenvalue weighted by atomic mass is 16.5. The summed E-state index contributed by atoms with van der Waals surface area (Å²) in [7, 11) is 0. The predicted octanol–water partition coefficient (Wildman–Crippen LogP) is 2.47. The molecule has 122 valence electrons. The van der Waals surface area contributed by atoms with Crippen molar-refractivity contribution in [2.45, 2.75) is 39.6 Å². The zero-order valence-electron chi connectivity index (χ0n) is 13.7. The third-order valence-electron chi connectivity index (χ3n) is 4.14. The number of hydrogen-bond donors (Lipinski definition) is 0. The van der Waals surface area contributed by atoms with E-state index in [1.54, 1.807) is 12.4 Å². The van der Waals surface area contributed by atoms with Crippen LogP contribution >= 0.6 is 0 Å². The first-order valence-electron chi connectivity index (χ1n) is 8.07. The molecular formula is C18H23N3O2. The summed E-state index contributed by atoms with van der Waals surface area (Å²) >= 11 is 0. The summed E-state index contributed by atoms with van der Waals surface area (Å²) in [5.74, 6) is 0.175. The van der Waals surface area contributed by atoms with Crippen LogP contribution in [0.15, 0.2) is 42.9 Å². The van der Waals surface area contributed by atoms with Crippen LogP contribution in [0.2, 0.25) is 0 Å². The van der Waals surface area contributed by atoms with Crippen molar-refractivity contribution < 1.29 is 9.53 Å². The van der Waals surface area contributed by atoms with Gasteiger partial charge in [-0.15, -0.1) is 0 Å². The SMILES string of the molecule is CC(C)C(=O)N1Cc2cccn2C[C@H](OCc2ccncc2)C1. The fourth-order valence-electron chi connectivity index (χ4n) is 2.89. The van der Waals surface area contributed by atoms with Gasteiger partial charge in [0.15, 0.2) is 0 Å². The Hall–Kier alpha value is -2.14. The lowest BCUT2D eigenvalue weighted by molar-refractivity contribution is -0.137. The van der Waals surface area contributed by atoms with Gasteiger partial charge in [0.1, 0.15) is 0 Å². The molecule has 3 heterocycles. The molecule has 2 aromatic heterocycles. The van der Waals surface area contributed by atoms with Gasteiger partial charge >= 0.3 is 0 Å². The molecule has 0 bridgehead atoms. The number of aromatic nitrogens is 2. The van der Waals surface area contributed by atoms with Gasteiger partial charge in [-0.05, 0) is 29.8 Å². The molecule has 0 aliphatic carbocycles. The van der Waals surface area contributed by atoms with Crippen LogP contribution in [-0.4, -0.2) is 33.0 Å². The molecule has 1 aliphatic rings. The maximum atomic E-state index is 12.5. The summed E-state index contributed by atoms with van der Waals surface area (Å²) in [4.78, 5) is 18.4. The van der Waals surface area contributed by atoms with Crippen molar-refractivity contribution in [1.29, 1.82) is 0 Å². The second-order valence-corrected chi connectivity index (χ2v) is 6.31. The minimum absolute atomic E-state index is 0.00244. The number of hydrogen-bond acceptors (Lipinski definition) is 3. The number of ether oxygens (including phenoxy) is 1. The van der Waals surface area contributed by atoms with Crippen LogP contribution in [0.5, 0.6) is 0 Å². The zero-order valence-corrected chi connectivity index (χ0v) is 13.7. The Morgan fingerprint density at radius 1 is 1.30 bits per heavy atom. The van der Waals surface area contributed by atoms with Crippen LogP contribution in [0, 0.1) is 5.92 Å². The van der Waals surface area contributed by atoms with E-state index < -0.39 is 0 Å². The Labute approximate surface area is 136 Å². The van der Waals surface area contributed by atoms with E-state index in [2.05, 4.69) is 21.8 Å². The van der Waals surface area contributed by atoms with Gasteiger partial charge in [0.25, 0.3) is 0 Å². The molecule has 0 unspecified atom stereocenters. The standard InChI is InChI=1S/C18H23N3O2/c1-14(2)18(22)21-10-16-4-3-9-20(16)11-17(12-21)23-13-15-5-7-19-8-6-15/h3-9,14,17H,10-13H2,1-2H3/t17-/m0/s1. The van der Waals surface area contributed by atoms with Crippen molar-refractivity contribution in [3.63, 3.8) is 0 Å². The summed E-state index contributed by atoms with van der Waals surface area (Å²) in [5, 5.41) is 0. The first-order chi connectivity index (χ1) is 11.1. The molecule has 1 amide bonds. The molecule has 0 saturated heterocycles. The lowest BCUT2D eigenvalue weighted by atomic mass is 10.1. The van der Waals surface area contributed by atoms with Gasteiger partial charge in [-0.25, -0.2) is 0 Å². The fourth-order valence-corrected chi connectivity index (χ4v) is 2.89. The van der Waals surface area contributed by atoms with E-state index in [-0.39, 0.29) is 17.9 Å². The highest BCUT2D eigenvalue weighted by Gasteiger charge is 2.26. The van der Waals surface area contributed by atoms with E-state index in [1.807, 2.05) is 36.9 Å². The van der Waals surface area contributed by atoms with E-state index in [1.165, 1.54) is 0 Å². The molecule has 0 spiro atoms. The van der Waals surface area contributed by atoms with Crippen molar-refractivity contribution in [2.75, 3.05) is 6.54 Å². The molecule has 5 nitrogen and oxygen atoms in total. The first kappa shape index (κ1) is 15.7. The number of rotatable bonds is 4. The highest BCUT2D eigenvalue weighted by molar-refractivity contribution is 5.78. The van der Waals surface area contributed by atoms with Gasteiger partial charge in [-0.2, -0.15) is 0 Å². The van der Waals surface area contributed by atoms with E-state index in [9.17, 15) is 4.79 Å². The number of nitrogens with zero attached hydrogens (tertiary/aromatic N) is 3. The average molecular weight is 313 g/mol. The van der Waals surface area contributed by atoms with Crippen molar-refractivity contribution in [1.82, 2.24) is 14.5 Å². The van der Waals surface area contributed by atoms with Crippen LogP contribution < -0.4 is 0 Å². The van der Waals surface area contributed by atoms with Gasteiger partial charge in [0, 0.05) is 36.7 Å². The van der Waals surface area contributed by atoms with Gasteiger partial charge in [0.05, 0.1) is 25.8 Å². The largest absolute Gasteiger partial charge is 0.370 e. The molecule has 0 saturated carbocycles. The molecule has 0 fully saturated rings. The van der Waals surface area contributed by atoms with Crippen molar-refractivity contribution in [2.24, 2.45) is 5.92 Å². The normalized spacial score (nSPS) is 17.9. The molecule has 23 heavy (non-hydrogen) atoms. The van der Waals surface area contributed by atoms with Crippen LogP contribution in [0.3, 0.4) is 0 Å². The summed E-state index contributed by atoms with van der Waals surface area (Å²) in [6.07, 6.45) is 5.58. The van der Waals surface area contributed by atoms with Crippen molar-refractivity contribution >= 4 is 5.91 Å². The Morgan fingerprint density at radius 3 is 2.83 bits per heavy atom. The lowest BCUT2D eigenvalue weighted by Crippen LogP contribution is -2.39. The summed E-state index contributed by atoms with van der Waals surface area (Å²) in [6.45, 7) is 6.48. The molecule has 0 radical (unpaired) electrons. The molecule has 0 N–H and O–H groups in total. The Balaban J connectivity index is 1.73. The summed E-state index contributed by atoms with van der Waals surface area (Å²) < 4.78 is 8.28. The lowest BCUT2D eigenvalue weighted by Gasteiger charge is -2.26.